The highest BCUT2D eigenvalue weighted by molar-refractivity contribution is 5.81. The van der Waals surface area contributed by atoms with Crippen molar-refractivity contribution in [1.29, 1.82) is 0 Å². The fourth-order valence-corrected chi connectivity index (χ4v) is 2.36. The third kappa shape index (κ3) is 3.10. The molecule has 2 rings (SSSR count). The van der Waals surface area contributed by atoms with E-state index < -0.39 is 0 Å². The zero-order valence-electron chi connectivity index (χ0n) is 10.5. The molecule has 1 aromatic rings. The molecule has 2 nitrogen and oxygen atoms in total. The monoisotopic (exact) mass is 242 g/mol. The molecule has 0 N–H and O–H groups in total. The number of rotatable bonds is 5. The second kappa shape index (κ2) is 6.20. The van der Waals surface area contributed by atoms with Crippen LogP contribution in [0.5, 0.6) is 0 Å². The van der Waals surface area contributed by atoms with Crippen LogP contribution in [0.15, 0.2) is 43.0 Å². The van der Waals surface area contributed by atoms with Crippen molar-refractivity contribution >= 4 is 12.0 Å². The molecule has 0 radical (unpaired) electrons. The van der Waals surface area contributed by atoms with Gasteiger partial charge in [-0.2, -0.15) is 0 Å². The van der Waals surface area contributed by atoms with Gasteiger partial charge >= 0.3 is 5.97 Å². The van der Waals surface area contributed by atoms with Crippen molar-refractivity contribution in [2.75, 3.05) is 6.61 Å². The van der Waals surface area contributed by atoms with E-state index in [0.29, 0.717) is 12.5 Å². The van der Waals surface area contributed by atoms with Gasteiger partial charge in [0.15, 0.2) is 0 Å². The Morgan fingerprint density at radius 1 is 1.44 bits per heavy atom. The SMILES string of the molecule is C=CC(=O)OCCCC1CC=Cc2ccccc21. The van der Waals surface area contributed by atoms with Crippen molar-refractivity contribution in [3.63, 3.8) is 0 Å². The van der Waals surface area contributed by atoms with E-state index in [1.807, 2.05) is 0 Å². The van der Waals surface area contributed by atoms with Crippen LogP contribution in [0.3, 0.4) is 0 Å². The number of ether oxygens (including phenoxy) is 1. The summed E-state index contributed by atoms with van der Waals surface area (Å²) in [5, 5.41) is 0. The number of allylic oxidation sites excluding steroid dienone is 1. The normalized spacial score (nSPS) is 17.0. The molecule has 0 saturated heterocycles. The molecule has 0 saturated carbocycles. The van der Waals surface area contributed by atoms with Gasteiger partial charge in [-0.3, -0.25) is 0 Å². The largest absolute Gasteiger partial charge is 0.463 e. The highest BCUT2D eigenvalue weighted by Crippen LogP contribution is 2.32. The summed E-state index contributed by atoms with van der Waals surface area (Å²) in [5.41, 5.74) is 2.73. The molecule has 0 spiro atoms. The highest BCUT2D eigenvalue weighted by Gasteiger charge is 2.15. The summed E-state index contributed by atoms with van der Waals surface area (Å²) in [6.45, 7) is 3.85. The minimum Gasteiger partial charge on any atom is -0.463 e. The molecule has 1 aliphatic carbocycles. The van der Waals surface area contributed by atoms with Gasteiger partial charge < -0.3 is 4.74 Å². The second-order valence-corrected chi connectivity index (χ2v) is 4.48. The van der Waals surface area contributed by atoms with Crippen LogP contribution in [0.25, 0.3) is 6.08 Å². The summed E-state index contributed by atoms with van der Waals surface area (Å²) < 4.78 is 5.00. The zero-order valence-corrected chi connectivity index (χ0v) is 10.5. The van der Waals surface area contributed by atoms with E-state index in [1.54, 1.807) is 0 Å². The summed E-state index contributed by atoms with van der Waals surface area (Å²) >= 11 is 0. The van der Waals surface area contributed by atoms with Crippen molar-refractivity contribution in [1.82, 2.24) is 0 Å². The fourth-order valence-electron chi connectivity index (χ4n) is 2.36. The van der Waals surface area contributed by atoms with Crippen LogP contribution in [0.4, 0.5) is 0 Å². The maximum Gasteiger partial charge on any atom is 0.330 e. The van der Waals surface area contributed by atoms with Gasteiger partial charge in [0.2, 0.25) is 0 Å². The molecule has 2 heteroatoms. The Bertz CT molecular complexity index is 460. The van der Waals surface area contributed by atoms with Crippen LogP contribution >= 0.6 is 0 Å². The predicted molar refractivity (Wildman–Crippen MR) is 73.2 cm³/mol. The Balaban J connectivity index is 1.86. The van der Waals surface area contributed by atoms with Gasteiger partial charge in [-0.1, -0.05) is 43.0 Å². The fraction of sp³-hybridized carbons (Fsp3) is 0.312. The van der Waals surface area contributed by atoms with Crippen LogP contribution in [-0.2, 0) is 9.53 Å². The average Bonchev–Trinajstić information content (AvgIpc) is 2.43. The number of esters is 1. The third-order valence-electron chi connectivity index (χ3n) is 3.26. The van der Waals surface area contributed by atoms with E-state index in [4.69, 9.17) is 4.74 Å². The van der Waals surface area contributed by atoms with Crippen molar-refractivity contribution in [3.05, 3.63) is 54.1 Å². The van der Waals surface area contributed by atoms with Crippen LogP contribution in [0.1, 0.15) is 36.3 Å². The molecule has 94 valence electrons. The van der Waals surface area contributed by atoms with Crippen LogP contribution < -0.4 is 0 Å². The molecule has 0 heterocycles. The number of benzene rings is 1. The van der Waals surface area contributed by atoms with Gasteiger partial charge in [-0.05, 0) is 36.3 Å². The van der Waals surface area contributed by atoms with Crippen molar-refractivity contribution in [2.45, 2.75) is 25.2 Å². The first-order valence-corrected chi connectivity index (χ1v) is 6.36. The minimum absolute atomic E-state index is 0.334. The van der Waals surface area contributed by atoms with E-state index >= 15 is 0 Å². The summed E-state index contributed by atoms with van der Waals surface area (Å²) in [7, 11) is 0. The molecule has 1 aromatic carbocycles. The molecule has 1 atom stereocenters. The Morgan fingerprint density at radius 2 is 2.28 bits per heavy atom. The Kier molecular flexibility index (Phi) is 4.35. The first kappa shape index (κ1) is 12.6. The molecule has 18 heavy (non-hydrogen) atoms. The molecule has 0 bridgehead atoms. The molecular formula is C16H18O2. The summed E-state index contributed by atoms with van der Waals surface area (Å²) in [6.07, 6.45) is 8.63. The molecule has 1 aliphatic rings. The number of hydrogen-bond acceptors (Lipinski definition) is 2. The first-order valence-electron chi connectivity index (χ1n) is 6.36. The lowest BCUT2D eigenvalue weighted by atomic mass is 9.84. The summed E-state index contributed by atoms with van der Waals surface area (Å²) in [5.74, 6) is 0.215. The smallest absolute Gasteiger partial charge is 0.330 e. The van der Waals surface area contributed by atoms with Crippen molar-refractivity contribution in [3.8, 4) is 0 Å². The summed E-state index contributed by atoms with van der Waals surface area (Å²) in [4.78, 5) is 10.9. The lowest BCUT2D eigenvalue weighted by Crippen LogP contribution is -2.07. The van der Waals surface area contributed by atoms with Gasteiger partial charge in [-0.15, -0.1) is 0 Å². The van der Waals surface area contributed by atoms with E-state index in [9.17, 15) is 4.79 Å². The van der Waals surface area contributed by atoms with Gasteiger partial charge in [-0.25, -0.2) is 4.79 Å². The Hall–Kier alpha value is -1.83. The van der Waals surface area contributed by atoms with Crippen LogP contribution in [-0.4, -0.2) is 12.6 Å². The van der Waals surface area contributed by atoms with E-state index in [0.717, 1.165) is 19.3 Å². The summed E-state index contributed by atoms with van der Waals surface area (Å²) in [6, 6.07) is 8.50. The third-order valence-corrected chi connectivity index (χ3v) is 3.26. The molecule has 0 fully saturated rings. The van der Waals surface area contributed by atoms with Crippen LogP contribution in [0, 0.1) is 0 Å². The molecular weight excluding hydrogens is 224 g/mol. The standard InChI is InChI=1S/C16H18O2/c1-2-16(17)18-12-6-10-14-9-5-8-13-7-3-4-11-15(13)14/h2-5,7-8,11,14H,1,6,9-10,12H2. The lowest BCUT2D eigenvalue weighted by molar-refractivity contribution is -0.137. The highest BCUT2D eigenvalue weighted by atomic mass is 16.5. The first-order chi connectivity index (χ1) is 8.81. The van der Waals surface area contributed by atoms with Gasteiger partial charge in [0.1, 0.15) is 0 Å². The van der Waals surface area contributed by atoms with Crippen molar-refractivity contribution in [2.24, 2.45) is 0 Å². The maximum absolute atomic E-state index is 10.9. The van der Waals surface area contributed by atoms with Crippen LogP contribution in [0.2, 0.25) is 0 Å². The van der Waals surface area contributed by atoms with E-state index in [-0.39, 0.29) is 5.97 Å². The predicted octanol–water partition coefficient (Wildman–Crippen LogP) is 3.70. The second-order valence-electron chi connectivity index (χ2n) is 4.48. The van der Waals surface area contributed by atoms with Gasteiger partial charge in [0.25, 0.3) is 0 Å². The maximum atomic E-state index is 10.9. The van der Waals surface area contributed by atoms with E-state index in [1.165, 1.54) is 17.2 Å². The zero-order chi connectivity index (χ0) is 12.8. The van der Waals surface area contributed by atoms with Crippen molar-refractivity contribution < 1.29 is 9.53 Å². The molecule has 1 unspecified atom stereocenters. The quantitative estimate of drug-likeness (QED) is 0.447. The van der Waals surface area contributed by atoms with E-state index in [2.05, 4.69) is 43.0 Å². The average molecular weight is 242 g/mol. The number of carbonyl (C=O) groups excluding carboxylic acids is 1. The molecule has 0 amide bonds. The molecule has 0 aromatic heterocycles. The lowest BCUT2D eigenvalue weighted by Gasteiger charge is -2.21. The van der Waals surface area contributed by atoms with Gasteiger partial charge in [0, 0.05) is 6.08 Å². The van der Waals surface area contributed by atoms with Gasteiger partial charge in [0.05, 0.1) is 6.61 Å². The number of carbonyl (C=O) groups is 1. The minimum atomic E-state index is -0.334. The number of hydrogen-bond donors (Lipinski definition) is 0. The Morgan fingerprint density at radius 3 is 3.11 bits per heavy atom. The molecule has 0 aliphatic heterocycles. The topological polar surface area (TPSA) is 26.3 Å². The number of fused-ring (bicyclic) bond motifs is 1. The Labute approximate surface area is 108 Å².